The third-order valence-electron chi connectivity index (χ3n) is 8.96. The minimum absolute atomic E-state index is 0.0338. The number of carbonyl (C=O) groups excluding carboxylic acids is 2. The Balaban J connectivity index is 1.84. The Bertz CT molecular complexity index is 1680. The number of nitrogens with one attached hydrogen (secondary N) is 3. The number of halogens is 2. The molecule has 1 aromatic rings. The molecule has 1 aliphatic carbocycles. The number of nitrogens with two attached hydrogens (primary N) is 2. The van der Waals surface area contributed by atoms with Gasteiger partial charge >= 0.3 is 0 Å². The molecule has 0 aromatic heterocycles. The van der Waals surface area contributed by atoms with Gasteiger partial charge in [-0.25, -0.2) is 8.78 Å². The molecule has 1 heterocycles. The van der Waals surface area contributed by atoms with Gasteiger partial charge in [0.1, 0.15) is 17.3 Å². The summed E-state index contributed by atoms with van der Waals surface area (Å²) >= 11 is 0. The Morgan fingerprint density at radius 1 is 1.04 bits per heavy atom. The highest BCUT2D eigenvalue weighted by molar-refractivity contribution is 5.94. The van der Waals surface area contributed by atoms with Crippen LogP contribution in [0.1, 0.15) is 65.9 Å². The molecular weight excluding hydrogens is 662 g/mol. The Kier molecular flexibility index (Phi) is 15.7. The van der Waals surface area contributed by atoms with Gasteiger partial charge in [0, 0.05) is 57.1 Å². The van der Waals surface area contributed by atoms with Crippen LogP contribution in [-0.4, -0.2) is 56.4 Å². The van der Waals surface area contributed by atoms with Crippen molar-refractivity contribution < 1.29 is 23.1 Å². The summed E-state index contributed by atoms with van der Waals surface area (Å²) in [5.74, 6) is -2.59. The lowest BCUT2D eigenvalue weighted by Crippen LogP contribution is -2.47. The van der Waals surface area contributed by atoms with Crippen molar-refractivity contribution >= 4 is 23.1 Å². The van der Waals surface area contributed by atoms with Crippen LogP contribution in [0.15, 0.2) is 107 Å². The molecule has 282 valence electrons. The van der Waals surface area contributed by atoms with E-state index < -0.39 is 11.8 Å². The molecule has 2 fully saturated rings. The molecule has 1 saturated heterocycles. The first kappa shape index (κ1) is 41.5. The number of para-hydroxylation sites is 1. The van der Waals surface area contributed by atoms with Crippen LogP contribution < -0.4 is 32.2 Å². The smallest absolute Gasteiger partial charge is 0.269 e. The van der Waals surface area contributed by atoms with Gasteiger partial charge in [0.15, 0.2) is 0 Å². The van der Waals surface area contributed by atoms with Crippen LogP contribution in [0.4, 0.5) is 14.5 Å². The maximum atomic E-state index is 13.5. The lowest BCUT2D eigenvalue weighted by molar-refractivity contribution is -0.121. The second-order valence-electron chi connectivity index (χ2n) is 13.3. The zero-order valence-corrected chi connectivity index (χ0v) is 31.6. The van der Waals surface area contributed by atoms with Gasteiger partial charge in [0.2, 0.25) is 5.91 Å². The summed E-state index contributed by atoms with van der Waals surface area (Å²) < 4.78 is 33.0. The van der Waals surface area contributed by atoms with Gasteiger partial charge < -0.3 is 32.2 Å². The van der Waals surface area contributed by atoms with Crippen molar-refractivity contribution in [2.75, 3.05) is 39.1 Å². The fourth-order valence-electron chi connectivity index (χ4n) is 5.44. The molecular formula is C41H56F2N6O3. The first-order valence-electron chi connectivity index (χ1n) is 17.9. The van der Waals surface area contributed by atoms with Crippen molar-refractivity contribution in [3.8, 4) is 5.75 Å². The van der Waals surface area contributed by atoms with Crippen LogP contribution in [0, 0.1) is 11.8 Å². The van der Waals surface area contributed by atoms with E-state index in [1.807, 2.05) is 24.3 Å². The van der Waals surface area contributed by atoms with Crippen LogP contribution in [-0.2, 0) is 9.59 Å². The maximum Gasteiger partial charge on any atom is 0.269 e. The number of allylic oxidation sites excluding steroid dienone is 10. The van der Waals surface area contributed by atoms with Gasteiger partial charge in [-0.05, 0) is 62.3 Å². The minimum atomic E-state index is -2.83. The van der Waals surface area contributed by atoms with Crippen molar-refractivity contribution in [1.82, 2.24) is 15.5 Å². The number of alkyl halides is 2. The Morgan fingerprint density at radius 2 is 1.75 bits per heavy atom. The molecule has 1 aliphatic heterocycles. The normalized spacial score (nSPS) is 17.7. The highest BCUT2D eigenvalue weighted by atomic mass is 19.3. The summed E-state index contributed by atoms with van der Waals surface area (Å²) in [6, 6.07) is 5.65. The lowest BCUT2D eigenvalue weighted by Gasteiger charge is -2.40. The van der Waals surface area contributed by atoms with Crippen LogP contribution in [0.3, 0.4) is 0 Å². The van der Waals surface area contributed by atoms with Crippen molar-refractivity contribution in [3.05, 3.63) is 112 Å². The second kappa shape index (κ2) is 19.6. The van der Waals surface area contributed by atoms with E-state index in [-0.39, 0.29) is 34.6 Å². The molecule has 0 spiro atoms. The monoisotopic (exact) mass is 718 g/mol. The van der Waals surface area contributed by atoms with Crippen LogP contribution in [0.5, 0.6) is 5.75 Å². The molecule has 0 bridgehead atoms. The number of anilines is 1. The van der Waals surface area contributed by atoms with E-state index in [0.29, 0.717) is 17.4 Å². The molecule has 9 nitrogen and oxygen atoms in total. The van der Waals surface area contributed by atoms with Crippen LogP contribution in [0.25, 0.3) is 5.57 Å². The number of amides is 2. The van der Waals surface area contributed by atoms with E-state index >= 15 is 0 Å². The molecule has 3 rings (SSSR count). The molecule has 1 aromatic carbocycles. The molecule has 0 atom stereocenters. The first-order valence-corrected chi connectivity index (χ1v) is 17.9. The molecule has 0 unspecified atom stereocenters. The highest BCUT2D eigenvalue weighted by Crippen LogP contribution is 2.36. The van der Waals surface area contributed by atoms with Gasteiger partial charge in [-0.3, -0.25) is 14.5 Å². The van der Waals surface area contributed by atoms with E-state index in [1.54, 1.807) is 13.2 Å². The van der Waals surface area contributed by atoms with Gasteiger partial charge in [0.25, 0.3) is 11.8 Å². The highest BCUT2D eigenvalue weighted by Gasteiger charge is 2.30. The Morgan fingerprint density at radius 3 is 2.35 bits per heavy atom. The van der Waals surface area contributed by atoms with E-state index in [9.17, 15) is 18.4 Å². The summed E-state index contributed by atoms with van der Waals surface area (Å²) in [4.78, 5) is 27.2. The summed E-state index contributed by atoms with van der Waals surface area (Å²) in [5, 5.41) is 8.42. The number of nitrogens with zero attached hydrogens (tertiary/aromatic N) is 1. The third-order valence-corrected chi connectivity index (χ3v) is 8.96. The van der Waals surface area contributed by atoms with Gasteiger partial charge in [-0.15, -0.1) is 0 Å². The summed E-state index contributed by atoms with van der Waals surface area (Å²) in [6.07, 6.45) is 20.4. The number of ether oxygens (including phenoxy) is 1. The maximum absolute atomic E-state index is 13.5. The lowest BCUT2D eigenvalue weighted by atomic mass is 9.90. The largest absolute Gasteiger partial charge is 0.494 e. The third kappa shape index (κ3) is 12.4. The summed E-state index contributed by atoms with van der Waals surface area (Å²) in [7, 11) is 3.05. The number of methoxy groups -OCH3 is 1. The van der Waals surface area contributed by atoms with Gasteiger partial charge in [-0.1, -0.05) is 80.2 Å². The summed E-state index contributed by atoms with van der Waals surface area (Å²) in [6.45, 7) is 11.2. The Hall–Kier alpha value is -4.90. The average Bonchev–Trinajstić information content (AvgIpc) is 3.94. The zero-order chi connectivity index (χ0) is 38.4. The predicted molar refractivity (Wildman–Crippen MR) is 208 cm³/mol. The van der Waals surface area contributed by atoms with E-state index in [0.717, 1.165) is 69.0 Å². The number of rotatable bonds is 18. The number of likely N-dealkylation sites (N-methyl/N-ethyl adjacent to an activating group) is 1. The topological polar surface area (TPSA) is 135 Å². The van der Waals surface area contributed by atoms with Crippen LogP contribution >= 0.6 is 0 Å². The number of likely N-dealkylation sites (tertiary alicyclic amines) is 1. The molecule has 2 amide bonds. The molecule has 1 saturated carbocycles. The zero-order valence-electron chi connectivity index (χ0n) is 31.6. The quantitative estimate of drug-likeness (QED) is 0.0810. The van der Waals surface area contributed by atoms with Crippen LogP contribution in [0.2, 0.25) is 0 Å². The molecule has 52 heavy (non-hydrogen) atoms. The minimum Gasteiger partial charge on any atom is -0.494 e. The van der Waals surface area contributed by atoms with Crippen molar-refractivity contribution in [1.29, 1.82) is 0 Å². The van der Waals surface area contributed by atoms with E-state index in [4.69, 9.17) is 16.2 Å². The average molecular weight is 719 g/mol. The number of benzene rings is 1. The molecule has 2 aliphatic rings. The standard InChI is InChI=1S/C41H56F2N6O3/c1-8-10-16-30(20-19-27(3)32-25-49(26-32)24-29(13-9-2)15-11-14-28(4)41(5,42)43)33-17-12-18-34(38(33)52-7)47-35(37(45)40(51)46-6)23-36(44)48-39(50)31-21-22-31/h10-20,23,31-32,47H,8-9,21-22,24-26,44-45H2,1-7H3,(H,46,51)(H,48,50)/b15-11-,16-10+,27-19+,28-14+,29-13-,30-20+,36-23+,37-35+. The molecule has 0 radical (unpaired) electrons. The van der Waals surface area contributed by atoms with E-state index in [1.165, 1.54) is 31.7 Å². The number of carbonyl (C=O) groups is 2. The SMILES string of the molecule is CC/C=C(/C=C\C=C(/C)C(C)(F)F)CN1CC(/C(C)=C/C=C(\C=C\CC)c2cccc(NC(/C=C(\N)NC(=O)C3CC3)=C(/N)C(=O)NC)c2OC)C1. The molecule has 11 heteroatoms. The van der Waals surface area contributed by atoms with E-state index in [2.05, 4.69) is 72.0 Å². The number of hydrogen-bond donors (Lipinski definition) is 5. The molecule has 7 N–H and O–H groups in total. The summed E-state index contributed by atoms with van der Waals surface area (Å²) in [5.41, 5.74) is 17.1. The fourth-order valence-corrected chi connectivity index (χ4v) is 5.44. The van der Waals surface area contributed by atoms with Crippen molar-refractivity contribution in [3.63, 3.8) is 0 Å². The van der Waals surface area contributed by atoms with Gasteiger partial charge in [-0.2, -0.15) is 0 Å². The number of hydrogen-bond acceptors (Lipinski definition) is 7. The first-order chi connectivity index (χ1) is 24.7. The van der Waals surface area contributed by atoms with Crippen molar-refractivity contribution in [2.45, 2.75) is 66.2 Å². The fraction of sp³-hybridized carbons (Fsp3) is 0.415. The second-order valence-corrected chi connectivity index (χ2v) is 13.3. The van der Waals surface area contributed by atoms with Crippen molar-refractivity contribution in [2.24, 2.45) is 23.3 Å². The van der Waals surface area contributed by atoms with Gasteiger partial charge in [0.05, 0.1) is 18.5 Å². The Labute approximate surface area is 308 Å². The predicted octanol–water partition coefficient (Wildman–Crippen LogP) is 7.07.